The van der Waals surface area contributed by atoms with Gasteiger partial charge in [-0.05, 0) is 26.1 Å². The van der Waals surface area contributed by atoms with Crippen molar-refractivity contribution in [2.45, 2.75) is 6.92 Å². The molecule has 1 amide bonds. The lowest BCUT2D eigenvalue weighted by Crippen LogP contribution is -2.47. The Hall–Kier alpha value is -1.49. The number of aryl methyl sites for hydroxylation is 1. The molecule has 0 spiro atoms. The summed E-state index contributed by atoms with van der Waals surface area (Å²) in [6.07, 6.45) is 0. The lowest BCUT2D eigenvalue weighted by atomic mass is 10.2. The van der Waals surface area contributed by atoms with E-state index < -0.39 is 0 Å². The minimum Gasteiger partial charge on any atom is -0.335 e. The van der Waals surface area contributed by atoms with Crippen molar-refractivity contribution >= 4 is 5.91 Å². The van der Waals surface area contributed by atoms with E-state index in [1.165, 1.54) is 0 Å². The molecule has 1 aliphatic rings. The lowest BCUT2D eigenvalue weighted by molar-refractivity contribution is 0.0657. The zero-order valence-corrected chi connectivity index (χ0v) is 9.68. The maximum atomic E-state index is 12.0. The number of likely N-dealkylation sites (N-methyl/N-ethyl adjacent to an activating group) is 1. The van der Waals surface area contributed by atoms with E-state index in [1.807, 2.05) is 17.9 Å². The molecule has 1 saturated heterocycles. The highest BCUT2D eigenvalue weighted by atomic mass is 16.2. The smallest absolute Gasteiger partial charge is 0.274 e. The number of aromatic nitrogens is 2. The van der Waals surface area contributed by atoms with Gasteiger partial charge in [-0.2, -0.15) is 5.10 Å². The van der Waals surface area contributed by atoms with Gasteiger partial charge in [-0.1, -0.05) is 0 Å². The zero-order valence-electron chi connectivity index (χ0n) is 9.68. The summed E-state index contributed by atoms with van der Waals surface area (Å²) >= 11 is 0. The minimum absolute atomic E-state index is 0.0133. The first kappa shape index (κ1) is 11.0. The Labute approximate surface area is 95.1 Å². The van der Waals surface area contributed by atoms with Crippen LogP contribution in [-0.4, -0.2) is 59.1 Å². The van der Waals surface area contributed by atoms with E-state index in [-0.39, 0.29) is 5.91 Å². The van der Waals surface area contributed by atoms with Crippen molar-refractivity contribution in [2.24, 2.45) is 0 Å². The highest BCUT2D eigenvalue weighted by Crippen LogP contribution is 2.05. The van der Waals surface area contributed by atoms with Crippen LogP contribution in [0, 0.1) is 6.92 Å². The van der Waals surface area contributed by atoms with Crippen molar-refractivity contribution in [1.82, 2.24) is 20.0 Å². The Kier molecular flexibility index (Phi) is 3.14. The molecule has 86 valence electrons. The number of amides is 1. The number of hydrogen-bond donors (Lipinski definition) is 0. The van der Waals surface area contributed by atoms with Gasteiger partial charge in [0.1, 0.15) is 0 Å². The van der Waals surface area contributed by atoms with Gasteiger partial charge in [-0.25, -0.2) is 0 Å². The largest absolute Gasteiger partial charge is 0.335 e. The number of carbonyl (C=O) groups excluding carboxylic acids is 1. The maximum absolute atomic E-state index is 12.0. The molecule has 1 aromatic rings. The molecule has 0 bridgehead atoms. The summed E-state index contributed by atoms with van der Waals surface area (Å²) in [5.74, 6) is -0.0133. The van der Waals surface area contributed by atoms with E-state index in [4.69, 9.17) is 0 Å². The van der Waals surface area contributed by atoms with Crippen LogP contribution in [0.2, 0.25) is 0 Å². The maximum Gasteiger partial charge on any atom is 0.274 e. The first-order valence-corrected chi connectivity index (χ1v) is 5.45. The molecule has 0 unspecified atom stereocenters. The second-order valence-electron chi connectivity index (χ2n) is 4.16. The predicted octanol–water partition coefficient (Wildman–Crippen LogP) is 0.173. The molecule has 0 N–H and O–H groups in total. The first-order chi connectivity index (χ1) is 7.66. The molecule has 2 rings (SSSR count). The lowest BCUT2D eigenvalue weighted by Gasteiger charge is -2.32. The van der Waals surface area contributed by atoms with Gasteiger partial charge >= 0.3 is 0 Å². The molecule has 1 fully saturated rings. The fraction of sp³-hybridized carbons (Fsp3) is 0.545. The third-order valence-electron chi connectivity index (χ3n) is 2.81. The first-order valence-electron chi connectivity index (χ1n) is 5.45. The van der Waals surface area contributed by atoms with Crippen LogP contribution in [0.1, 0.15) is 16.2 Å². The summed E-state index contributed by atoms with van der Waals surface area (Å²) in [6.45, 7) is 5.24. The molecule has 1 aliphatic heterocycles. The van der Waals surface area contributed by atoms with Gasteiger partial charge in [0.25, 0.3) is 5.91 Å². The van der Waals surface area contributed by atoms with Gasteiger partial charge in [0.05, 0.1) is 5.69 Å². The van der Waals surface area contributed by atoms with Gasteiger partial charge in [0.2, 0.25) is 0 Å². The van der Waals surface area contributed by atoms with Gasteiger partial charge < -0.3 is 9.80 Å². The van der Waals surface area contributed by atoms with Crippen LogP contribution in [0.4, 0.5) is 0 Å². The summed E-state index contributed by atoms with van der Waals surface area (Å²) in [5.41, 5.74) is 1.27. The van der Waals surface area contributed by atoms with E-state index in [9.17, 15) is 4.79 Å². The van der Waals surface area contributed by atoms with E-state index >= 15 is 0 Å². The summed E-state index contributed by atoms with van der Waals surface area (Å²) in [4.78, 5) is 16.1. The summed E-state index contributed by atoms with van der Waals surface area (Å²) in [7, 11) is 2.06. The molecule has 2 heterocycles. The van der Waals surface area contributed by atoms with Gasteiger partial charge in [-0.15, -0.1) is 5.10 Å². The van der Waals surface area contributed by atoms with Crippen LogP contribution in [0.5, 0.6) is 0 Å². The van der Waals surface area contributed by atoms with Crippen molar-refractivity contribution in [2.75, 3.05) is 33.2 Å². The van der Waals surface area contributed by atoms with Crippen LogP contribution in [0.25, 0.3) is 0 Å². The van der Waals surface area contributed by atoms with Crippen LogP contribution >= 0.6 is 0 Å². The van der Waals surface area contributed by atoms with Crippen molar-refractivity contribution < 1.29 is 4.79 Å². The van der Waals surface area contributed by atoms with Crippen LogP contribution < -0.4 is 0 Å². The monoisotopic (exact) mass is 220 g/mol. The standard InChI is InChI=1S/C11H16N4O/c1-9-3-4-10(13-12-9)11(16)15-7-5-14(2)6-8-15/h3-4H,5-8H2,1-2H3. The molecule has 0 radical (unpaired) electrons. The number of piperazine rings is 1. The molecular formula is C11H16N4O. The van der Waals surface area contributed by atoms with Crippen LogP contribution in [-0.2, 0) is 0 Å². The van der Waals surface area contributed by atoms with E-state index in [0.29, 0.717) is 5.69 Å². The Balaban J connectivity index is 2.05. The van der Waals surface area contributed by atoms with E-state index in [2.05, 4.69) is 22.1 Å². The SMILES string of the molecule is Cc1ccc(C(=O)N2CCN(C)CC2)nn1. The Bertz CT molecular complexity index is 368. The zero-order chi connectivity index (χ0) is 11.5. The van der Waals surface area contributed by atoms with Gasteiger partial charge in [-0.3, -0.25) is 4.79 Å². The molecule has 16 heavy (non-hydrogen) atoms. The second-order valence-corrected chi connectivity index (χ2v) is 4.16. The van der Waals surface area contributed by atoms with Crippen molar-refractivity contribution in [3.63, 3.8) is 0 Å². The summed E-state index contributed by atoms with van der Waals surface area (Å²) in [5, 5.41) is 7.82. The average molecular weight is 220 g/mol. The fourth-order valence-corrected chi connectivity index (χ4v) is 1.68. The Morgan fingerprint density at radius 3 is 2.44 bits per heavy atom. The Morgan fingerprint density at radius 2 is 1.88 bits per heavy atom. The molecular weight excluding hydrogens is 204 g/mol. The van der Waals surface area contributed by atoms with Crippen molar-refractivity contribution in [3.05, 3.63) is 23.5 Å². The average Bonchev–Trinajstić information content (AvgIpc) is 2.30. The highest BCUT2D eigenvalue weighted by Gasteiger charge is 2.21. The summed E-state index contributed by atoms with van der Waals surface area (Å²) < 4.78 is 0. The molecule has 0 aromatic carbocycles. The Morgan fingerprint density at radius 1 is 1.19 bits per heavy atom. The second kappa shape index (κ2) is 4.57. The predicted molar refractivity (Wildman–Crippen MR) is 60.2 cm³/mol. The number of rotatable bonds is 1. The molecule has 0 saturated carbocycles. The molecule has 5 heteroatoms. The van der Waals surface area contributed by atoms with Gasteiger partial charge in [0.15, 0.2) is 5.69 Å². The number of nitrogens with zero attached hydrogens (tertiary/aromatic N) is 4. The van der Waals surface area contributed by atoms with Crippen molar-refractivity contribution in [1.29, 1.82) is 0 Å². The number of hydrogen-bond acceptors (Lipinski definition) is 4. The molecule has 0 aliphatic carbocycles. The molecule has 5 nitrogen and oxygen atoms in total. The molecule has 1 aromatic heterocycles. The fourth-order valence-electron chi connectivity index (χ4n) is 1.68. The normalized spacial score (nSPS) is 17.5. The van der Waals surface area contributed by atoms with Crippen LogP contribution in [0.15, 0.2) is 12.1 Å². The quantitative estimate of drug-likeness (QED) is 0.677. The minimum atomic E-state index is -0.0133. The molecule has 0 atom stereocenters. The van der Waals surface area contributed by atoms with Gasteiger partial charge in [0, 0.05) is 26.2 Å². The van der Waals surface area contributed by atoms with Crippen molar-refractivity contribution in [3.8, 4) is 0 Å². The highest BCUT2D eigenvalue weighted by molar-refractivity contribution is 5.92. The number of carbonyl (C=O) groups is 1. The summed E-state index contributed by atoms with van der Waals surface area (Å²) in [6, 6.07) is 3.55. The van der Waals surface area contributed by atoms with E-state index in [1.54, 1.807) is 6.07 Å². The van der Waals surface area contributed by atoms with E-state index in [0.717, 1.165) is 31.9 Å². The topological polar surface area (TPSA) is 49.3 Å². The van der Waals surface area contributed by atoms with Crippen LogP contribution in [0.3, 0.4) is 0 Å². The third-order valence-corrected chi connectivity index (χ3v) is 2.81. The third kappa shape index (κ3) is 2.36.